The summed E-state index contributed by atoms with van der Waals surface area (Å²) in [4.78, 5) is 27.6. The van der Waals surface area contributed by atoms with E-state index >= 15 is 0 Å². The highest BCUT2D eigenvalue weighted by Crippen LogP contribution is 2.22. The van der Waals surface area contributed by atoms with Crippen LogP contribution in [0.5, 0.6) is 0 Å². The van der Waals surface area contributed by atoms with Crippen LogP contribution in [0.4, 0.5) is 0 Å². The molecule has 3 aromatic rings. The summed E-state index contributed by atoms with van der Waals surface area (Å²) in [5.41, 5.74) is 2.98. The summed E-state index contributed by atoms with van der Waals surface area (Å²) in [5, 5.41) is 0.975. The SMILES string of the molecule is O=C(Cc1ncc2ccc(-c3cccnc3)cc2n1)CN1CCCC1. The minimum Gasteiger partial charge on any atom is -0.298 e. The molecule has 0 atom stereocenters. The molecule has 0 unspecified atom stereocenters. The van der Waals surface area contributed by atoms with Gasteiger partial charge in [-0.25, -0.2) is 9.97 Å². The summed E-state index contributed by atoms with van der Waals surface area (Å²) in [5.74, 6) is 0.782. The standard InChI is InChI=1S/C20H20N4O/c25-18(14-24-8-1-2-9-24)11-20-22-13-17-6-5-15(10-19(17)23-20)16-4-3-7-21-12-16/h3-7,10,12-13H,1-2,8-9,11,14H2. The van der Waals surface area contributed by atoms with Crippen LogP contribution >= 0.6 is 0 Å². The van der Waals surface area contributed by atoms with Gasteiger partial charge in [0.25, 0.3) is 0 Å². The van der Waals surface area contributed by atoms with Crippen molar-refractivity contribution >= 4 is 16.7 Å². The van der Waals surface area contributed by atoms with Gasteiger partial charge < -0.3 is 0 Å². The second-order valence-electron chi connectivity index (χ2n) is 6.50. The Labute approximate surface area is 146 Å². The maximum absolute atomic E-state index is 12.3. The van der Waals surface area contributed by atoms with Gasteiger partial charge in [0.1, 0.15) is 5.82 Å². The molecular weight excluding hydrogens is 312 g/mol. The number of benzene rings is 1. The monoisotopic (exact) mass is 332 g/mol. The average molecular weight is 332 g/mol. The van der Waals surface area contributed by atoms with Crippen LogP contribution in [0.15, 0.2) is 48.9 Å². The van der Waals surface area contributed by atoms with E-state index < -0.39 is 0 Å². The molecule has 25 heavy (non-hydrogen) atoms. The minimum atomic E-state index is 0.185. The zero-order valence-corrected chi connectivity index (χ0v) is 14.1. The van der Waals surface area contributed by atoms with Gasteiger partial charge in [-0.3, -0.25) is 14.7 Å². The smallest absolute Gasteiger partial charge is 0.154 e. The van der Waals surface area contributed by atoms with E-state index in [2.05, 4.69) is 19.9 Å². The number of aromatic nitrogens is 3. The predicted octanol–water partition coefficient (Wildman–Crippen LogP) is 2.90. The highest BCUT2D eigenvalue weighted by molar-refractivity contribution is 5.85. The molecule has 126 valence electrons. The van der Waals surface area contributed by atoms with E-state index in [1.54, 1.807) is 12.4 Å². The summed E-state index contributed by atoms with van der Waals surface area (Å²) < 4.78 is 0. The average Bonchev–Trinajstić information content (AvgIpc) is 3.14. The van der Waals surface area contributed by atoms with Crippen LogP contribution in [0, 0.1) is 0 Å². The normalized spacial score (nSPS) is 14.9. The lowest BCUT2D eigenvalue weighted by Gasteiger charge is -2.12. The number of rotatable bonds is 5. The van der Waals surface area contributed by atoms with Gasteiger partial charge in [0, 0.05) is 29.5 Å². The van der Waals surface area contributed by atoms with Gasteiger partial charge in [-0.05, 0) is 43.6 Å². The third kappa shape index (κ3) is 3.72. The van der Waals surface area contributed by atoms with Crippen LogP contribution in [0.1, 0.15) is 18.7 Å². The molecule has 4 rings (SSSR count). The summed E-state index contributed by atoms with van der Waals surface area (Å²) in [6, 6.07) is 10.0. The highest BCUT2D eigenvalue weighted by Gasteiger charge is 2.16. The topological polar surface area (TPSA) is 59.0 Å². The summed E-state index contributed by atoms with van der Waals surface area (Å²) in [6.07, 6.45) is 8.07. The molecule has 0 spiro atoms. The van der Waals surface area contributed by atoms with Crippen molar-refractivity contribution in [1.29, 1.82) is 0 Å². The van der Waals surface area contributed by atoms with Gasteiger partial charge in [0.2, 0.25) is 0 Å². The molecule has 2 aromatic heterocycles. The van der Waals surface area contributed by atoms with Gasteiger partial charge in [-0.2, -0.15) is 0 Å². The molecule has 0 N–H and O–H groups in total. The van der Waals surface area contributed by atoms with E-state index in [1.165, 1.54) is 12.8 Å². The Kier molecular flexibility index (Phi) is 4.48. The fourth-order valence-corrected chi connectivity index (χ4v) is 3.28. The second kappa shape index (κ2) is 7.07. The van der Waals surface area contributed by atoms with Crippen molar-refractivity contribution in [2.75, 3.05) is 19.6 Å². The third-order valence-electron chi connectivity index (χ3n) is 4.58. The number of nitrogens with zero attached hydrogens (tertiary/aromatic N) is 4. The highest BCUT2D eigenvalue weighted by atomic mass is 16.1. The van der Waals surface area contributed by atoms with Crippen LogP contribution in [-0.2, 0) is 11.2 Å². The Hall–Kier alpha value is -2.66. The molecule has 5 heteroatoms. The molecule has 0 bridgehead atoms. The Morgan fingerprint density at radius 3 is 2.76 bits per heavy atom. The molecule has 0 saturated carbocycles. The van der Waals surface area contributed by atoms with Crippen molar-refractivity contribution in [3.05, 3.63) is 54.7 Å². The maximum atomic E-state index is 12.3. The van der Waals surface area contributed by atoms with Gasteiger partial charge in [0.15, 0.2) is 5.78 Å². The van der Waals surface area contributed by atoms with E-state index in [0.29, 0.717) is 18.8 Å². The van der Waals surface area contributed by atoms with Crippen LogP contribution in [0.3, 0.4) is 0 Å². The Morgan fingerprint density at radius 2 is 1.96 bits per heavy atom. The zero-order chi connectivity index (χ0) is 17.1. The van der Waals surface area contributed by atoms with Crippen molar-refractivity contribution in [2.45, 2.75) is 19.3 Å². The summed E-state index contributed by atoms with van der Waals surface area (Å²) in [7, 11) is 0. The van der Waals surface area contributed by atoms with E-state index in [9.17, 15) is 4.79 Å². The first-order valence-electron chi connectivity index (χ1n) is 8.68. The largest absolute Gasteiger partial charge is 0.298 e. The molecule has 0 amide bonds. The molecule has 3 heterocycles. The molecule has 1 aliphatic rings. The number of hydrogen-bond donors (Lipinski definition) is 0. The number of pyridine rings is 1. The van der Waals surface area contributed by atoms with Crippen molar-refractivity contribution in [3.63, 3.8) is 0 Å². The fraction of sp³-hybridized carbons (Fsp3) is 0.300. The minimum absolute atomic E-state index is 0.185. The van der Waals surface area contributed by atoms with Gasteiger partial charge in [0.05, 0.1) is 18.5 Å². The van der Waals surface area contributed by atoms with Crippen LogP contribution in [0.25, 0.3) is 22.0 Å². The molecule has 0 radical (unpaired) electrons. The Balaban J connectivity index is 1.55. The van der Waals surface area contributed by atoms with Crippen molar-refractivity contribution in [3.8, 4) is 11.1 Å². The number of carbonyl (C=O) groups excluding carboxylic acids is 1. The van der Waals surface area contributed by atoms with E-state index in [0.717, 1.165) is 35.1 Å². The number of carbonyl (C=O) groups is 1. The van der Waals surface area contributed by atoms with Crippen LogP contribution in [-0.4, -0.2) is 45.3 Å². The Morgan fingerprint density at radius 1 is 1.08 bits per heavy atom. The number of fused-ring (bicyclic) bond motifs is 1. The summed E-state index contributed by atoms with van der Waals surface area (Å²) in [6.45, 7) is 2.56. The number of ketones is 1. The van der Waals surface area contributed by atoms with Crippen molar-refractivity contribution in [2.24, 2.45) is 0 Å². The lowest BCUT2D eigenvalue weighted by Crippen LogP contribution is -2.28. The number of Topliss-reactive ketones (excluding diaryl/α,β-unsaturated/α-hetero) is 1. The first-order chi connectivity index (χ1) is 12.3. The van der Waals surface area contributed by atoms with E-state index in [4.69, 9.17) is 0 Å². The predicted molar refractivity (Wildman–Crippen MR) is 97.2 cm³/mol. The van der Waals surface area contributed by atoms with Gasteiger partial charge in [-0.15, -0.1) is 0 Å². The van der Waals surface area contributed by atoms with Crippen LogP contribution in [0.2, 0.25) is 0 Å². The maximum Gasteiger partial charge on any atom is 0.154 e. The summed E-state index contributed by atoms with van der Waals surface area (Å²) >= 11 is 0. The molecular formula is C20H20N4O. The van der Waals surface area contributed by atoms with E-state index in [1.807, 2.05) is 36.5 Å². The quantitative estimate of drug-likeness (QED) is 0.719. The molecule has 1 aliphatic heterocycles. The van der Waals surface area contributed by atoms with Crippen molar-refractivity contribution < 1.29 is 4.79 Å². The number of hydrogen-bond acceptors (Lipinski definition) is 5. The fourth-order valence-electron chi connectivity index (χ4n) is 3.28. The molecule has 0 aliphatic carbocycles. The van der Waals surface area contributed by atoms with Gasteiger partial charge in [-0.1, -0.05) is 18.2 Å². The molecule has 5 nitrogen and oxygen atoms in total. The lowest BCUT2D eigenvalue weighted by atomic mass is 10.1. The third-order valence-corrected chi connectivity index (χ3v) is 4.58. The molecule has 1 fully saturated rings. The Bertz CT molecular complexity index is 889. The first-order valence-corrected chi connectivity index (χ1v) is 8.68. The lowest BCUT2D eigenvalue weighted by molar-refractivity contribution is -0.119. The second-order valence-corrected chi connectivity index (χ2v) is 6.50. The molecule has 1 aromatic carbocycles. The molecule has 1 saturated heterocycles. The number of likely N-dealkylation sites (tertiary alicyclic amines) is 1. The van der Waals surface area contributed by atoms with Crippen LogP contribution < -0.4 is 0 Å². The van der Waals surface area contributed by atoms with E-state index in [-0.39, 0.29) is 5.78 Å². The zero-order valence-electron chi connectivity index (χ0n) is 14.1. The van der Waals surface area contributed by atoms with Crippen molar-refractivity contribution in [1.82, 2.24) is 19.9 Å². The first kappa shape index (κ1) is 15.8. The van der Waals surface area contributed by atoms with Gasteiger partial charge >= 0.3 is 0 Å².